The highest BCUT2D eigenvalue weighted by atomic mass is 16.5. The SMILES string of the molecule is CCOc1ccc(OCC)c(NC(=O)c2ccc3c(c2)CCC3)c1. The average Bonchev–Trinajstić information content (AvgIpc) is 3.05. The number of anilines is 1. The molecule has 0 saturated heterocycles. The van der Waals surface area contributed by atoms with Crippen molar-refractivity contribution in [2.24, 2.45) is 0 Å². The number of amides is 1. The van der Waals surface area contributed by atoms with E-state index in [9.17, 15) is 4.79 Å². The third-order valence-electron chi connectivity index (χ3n) is 4.17. The standard InChI is InChI=1S/C20H23NO3/c1-3-23-17-10-11-19(24-4-2)18(13-17)21-20(22)16-9-8-14-6-5-7-15(14)12-16/h8-13H,3-7H2,1-2H3,(H,21,22). The van der Waals surface area contributed by atoms with E-state index in [1.807, 2.05) is 38.1 Å². The van der Waals surface area contributed by atoms with Crippen molar-refractivity contribution in [1.82, 2.24) is 0 Å². The summed E-state index contributed by atoms with van der Waals surface area (Å²) in [6.07, 6.45) is 3.34. The molecule has 1 aliphatic rings. The van der Waals surface area contributed by atoms with Crippen molar-refractivity contribution >= 4 is 11.6 Å². The van der Waals surface area contributed by atoms with Crippen molar-refractivity contribution in [3.05, 3.63) is 53.1 Å². The Kier molecular flexibility index (Phi) is 5.04. The summed E-state index contributed by atoms with van der Waals surface area (Å²) >= 11 is 0. The molecule has 0 bridgehead atoms. The minimum Gasteiger partial charge on any atom is -0.494 e. The molecule has 3 rings (SSSR count). The molecule has 0 aliphatic heterocycles. The Hall–Kier alpha value is -2.49. The van der Waals surface area contributed by atoms with Crippen molar-refractivity contribution in [1.29, 1.82) is 0 Å². The number of rotatable bonds is 6. The fourth-order valence-corrected chi connectivity index (χ4v) is 3.05. The van der Waals surface area contributed by atoms with Gasteiger partial charge in [-0.2, -0.15) is 0 Å². The molecular formula is C20H23NO3. The number of ether oxygens (including phenoxy) is 2. The molecule has 0 spiro atoms. The summed E-state index contributed by atoms with van der Waals surface area (Å²) in [7, 11) is 0. The van der Waals surface area contributed by atoms with Crippen molar-refractivity contribution in [2.75, 3.05) is 18.5 Å². The maximum atomic E-state index is 12.6. The lowest BCUT2D eigenvalue weighted by Crippen LogP contribution is -2.13. The maximum absolute atomic E-state index is 12.6. The van der Waals surface area contributed by atoms with E-state index in [-0.39, 0.29) is 5.91 Å². The van der Waals surface area contributed by atoms with E-state index in [1.54, 1.807) is 6.07 Å². The van der Waals surface area contributed by atoms with Gasteiger partial charge in [0.05, 0.1) is 18.9 Å². The summed E-state index contributed by atoms with van der Waals surface area (Å²) in [5.41, 5.74) is 3.96. The van der Waals surface area contributed by atoms with E-state index in [2.05, 4.69) is 11.4 Å². The van der Waals surface area contributed by atoms with Gasteiger partial charge in [-0.25, -0.2) is 0 Å². The van der Waals surface area contributed by atoms with Gasteiger partial charge in [0, 0.05) is 11.6 Å². The largest absolute Gasteiger partial charge is 0.494 e. The van der Waals surface area contributed by atoms with Crippen LogP contribution in [-0.4, -0.2) is 19.1 Å². The number of hydrogen-bond donors (Lipinski definition) is 1. The Bertz CT molecular complexity index is 740. The quantitative estimate of drug-likeness (QED) is 0.865. The van der Waals surface area contributed by atoms with Gasteiger partial charge in [0.25, 0.3) is 5.91 Å². The molecule has 2 aromatic rings. The number of carbonyl (C=O) groups is 1. The Balaban J connectivity index is 1.83. The molecule has 0 fully saturated rings. The van der Waals surface area contributed by atoms with Crippen molar-refractivity contribution in [3.8, 4) is 11.5 Å². The van der Waals surface area contributed by atoms with Crippen molar-refractivity contribution < 1.29 is 14.3 Å². The average molecular weight is 325 g/mol. The molecule has 126 valence electrons. The van der Waals surface area contributed by atoms with Gasteiger partial charge in [-0.05, 0) is 68.5 Å². The van der Waals surface area contributed by atoms with Gasteiger partial charge in [0.2, 0.25) is 0 Å². The minimum atomic E-state index is -0.126. The molecule has 2 aromatic carbocycles. The van der Waals surface area contributed by atoms with E-state index >= 15 is 0 Å². The van der Waals surface area contributed by atoms with Crippen LogP contribution in [0.5, 0.6) is 11.5 Å². The zero-order valence-corrected chi connectivity index (χ0v) is 14.2. The van der Waals surface area contributed by atoms with Crippen LogP contribution in [0.25, 0.3) is 0 Å². The minimum absolute atomic E-state index is 0.126. The Labute approximate surface area is 142 Å². The smallest absolute Gasteiger partial charge is 0.255 e. The van der Waals surface area contributed by atoms with Crippen LogP contribution in [0.1, 0.15) is 41.8 Å². The molecule has 1 N–H and O–H groups in total. The lowest BCUT2D eigenvalue weighted by molar-refractivity contribution is 0.102. The first-order valence-electron chi connectivity index (χ1n) is 8.54. The molecule has 0 unspecified atom stereocenters. The molecule has 1 aliphatic carbocycles. The van der Waals surface area contributed by atoms with Crippen LogP contribution >= 0.6 is 0 Å². The van der Waals surface area contributed by atoms with Gasteiger partial charge in [0.1, 0.15) is 11.5 Å². The van der Waals surface area contributed by atoms with Crippen LogP contribution in [0.3, 0.4) is 0 Å². The molecule has 4 nitrogen and oxygen atoms in total. The van der Waals surface area contributed by atoms with Crippen molar-refractivity contribution in [2.45, 2.75) is 33.1 Å². The van der Waals surface area contributed by atoms with Gasteiger partial charge in [-0.15, -0.1) is 0 Å². The monoisotopic (exact) mass is 325 g/mol. The molecule has 0 saturated carbocycles. The van der Waals surface area contributed by atoms with Crippen LogP contribution in [0.2, 0.25) is 0 Å². The van der Waals surface area contributed by atoms with E-state index in [1.165, 1.54) is 17.5 Å². The first-order chi connectivity index (χ1) is 11.7. The summed E-state index contributed by atoms with van der Waals surface area (Å²) in [6.45, 7) is 4.96. The topological polar surface area (TPSA) is 47.6 Å². The molecular weight excluding hydrogens is 302 g/mol. The van der Waals surface area contributed by atoms with E-state index in [0.717, 1.165) is 12.8 Å². The Morgan fingerprint density at radius 3 is 2.58 bits per heavy atom. The highest BCUT2D eigenvalue weighted by Crippen LogP contribution is 2.30. The predicted molar refractivity (Wildman–Crippen MR) is 95.2 cm³/mol. The van der Waals surface area contributed by atoms with Gasteiger partial charge in [-0.3, -0.25) is 4.79 Å². The summed E-state index contributed by atoms with van der Waals surface area (Å²) < 4.78 is 11.1. The van der Waals surface area contributed by atoms with Crippen LogP contribution in [0.4, 0.5) is 5.69 Å². The predicted octanol–water partition coefficient (Wildman–Crippen LogP) is 4.23. The van der Waals surface area contributed by atoms with Crippen LogP contribution in [0.15, 0.2) is 36.4 Å². The first kappa shape index (κ1) is 16.4. The van der Waals surface area contributed by atoms with Crippen LogP contribution in [0, 0.1) is 0 Å². The van der Waals surface area contributed by atoms with Gasteiger partial charge >= 0.3 is 0 Å². The fourth-order valence-electron chi connectivity index (χ4n) is 3.05. The molecule has 0 heterocycles. The molecule has 0 aromatic heterocycles. The van der Waals surface area contributed by atoms with E-state index < -0.39 is 0 Å². The Morgan fingerprint density at radius 2 is 1.79 bits per heavy atom. The number of fused-ring (bicyclic) bond motifs is 1. The second kappa shape index (κ2) is 7.39. The van der Waals surface area contributed by atoms with Crippen LogP contribution < -0.4 is 14.8 Å². The maximum Gasteiger partial charge on any atom is 0.255 e. The number of benzene rings is 2. The number of nitrogens with one attached hydrogen (secondary N) is 1. The third-order valence-corrected chi connectivity index (χ3v) is 4.17. The number of hydrogen-bond acceptors (Lipinski definition) is 3. The van der Waals surface area contributed by atoms with Crippen LogP contribution in [-0.2, 0) is 12.8 Å². The third kappa shape index (κ3) is 3.53. The molecule has 24 heavy (non-hydrogen) atoms. The zero-order valence-electron chi connectivity index (χ0n) is 14.2. The molecule has 4 heteroatoms. The highest BCUT2D eigenvalue weighted by Gasteiger charge is 2.15. The fraction of sp³-hybridized carbons (Fsp3) is 0.350. The van der Waals surface area contributed by atoms with E-state index in [0.29, 0.717) is 36.0 Å². The number of carbonyl (C=O) groups excluding carboxylic acids is 1. The lowest BCUT2D eigenvalue weighted by Gasteiger charge is -2.14. The second-order valence-electron chi connectivity index (χ2n) is 5.82. The van der Waals surface area contributed by atoms with Gasteiger partial charge in [-0.1, -0.05) is 6.07 Å². The van der Waals surface area contributed by atoms with E-state index in [4.69, 9.17) is 9.47 Å². The zero-order chi connectivity index (χ0) is 16.9. The highest BCUT2D eigenvalue weighted by molar-refractivity contribution is 6.05. The molecule has 0 radical (unpaired) electrons. The number of aryl methyl sites for hydroxylation is 2. The Morgan fingerprint density at radius 1 is 1.00 bits per heavy atom. The summed E-state index contributed by atoms with van der Waals surface area (Å²) in [6, 6.07) is 11.4. The van der Waals surface area contributed by atoms with Gasteiger partial charge in [0.15, 0.2) is 0 Å². The summed E-state index contributed by atoms with van der Waals surface area (Å²) in [5.74, 6) is 1.24. The van der Waals surface area contributed by atoms with Gasteiger partial charge < -0.3 is 14.8 Å². The lowest BCUT2D eigenvalue weighted by atomic mass is 10.1. The normalized spacial score (nSPS) is 12.6. The second-order valence-corrected chi connectivity index (χ2v) is 5.82. The molecule has 1 amide bonds. The first-order valence-corrected chi connectivity index (χ1v) is 8.54. The summed E-state index contributed by atoms with van der Waals surface area (Å²) in [4.78, 5) is 12.6. The van der Waals surface area contributed by atoms with Crippen molar-refractivity contribution in [3.63, 3.8) is 0 Å². The molecule has 0 atom stereocenters. The summed E-state index contributed by atoms with van der Waals surface area (Å²) in [5, 5.41) is 2.96.